The van der Waals surface area contributed by atoms with Gasteiger partial charge in [-0.3, -0.25) is 4.57 Å². The van der Waals surface area contributed by atoms with E-state index >= 15 is 0 Å². The summed E-state index contributed by atoms with van der Waals surface area (Å²) in [5, 5.41) is 2.31. The standard InChI is InChI=1S/C39H26N4.C34H33N4.C17H12N.C12H10N.C11H8N.2Ir/c1-4-13-27(14-5-1)28-23-25-29(26-24-28)32-20-12-21-34-33-19-10-11-22-35(33)43(36(32)34)39-41-37(30-15-6-2-7-16-30)40-38(42-39)31-17-8-3-9-18-31;1-33(2,3)27-17-12-24(13-18-27)30-36-31(25-14-19-28(20-15-25)34(4,5)6)38-32(37-30)26-16-21-29(35-22-26)23-10-8-7-9-11-23;1-3-7-14(8-4-1)16-11-12-18-17(13-16)15-9-5-2-6-10-15;1-10-6-5-9-12(13-10)11-7-3-2-4-8-11;1-2-6-10(7-3-1)11-8-4-5-9-12-11;;/h1-26H;7-10,12-22H,1-6H3;1-9,11-13H;2-7,9H,1H3;1-6,8-9H;;/q;4*-1;;. The molecule has 0 aliphatic heterocycles. The first-order valence-electron chi connectivity index (χ1n) is 41.4. The Morgan fingerprint density at radius 2 is 0.627 bits per heavy atom. The van der Waals surface area contributed by atoms with Gasteiger partial charge in [-0.2, -0.15) is 9.97 Å². The maximum Gasteiger partial charge on any atom is 0.238 e. The van der Waals surface area contributed by atoms with Crippen LogP contribution in [0.1, 0.15) is 58.4 Å². The van der Waals surface area contributed by atoms with Crippen LogP contribution in [0.25, 0.3) is 163 Å². The number of pyridine rings is 4. The number of aromatic nitrogens is 11. The topological polar surface area (TPSA) is 134 Å². The molecule has 11 nitrogen and oxygen atoms in total. The fourth-order valence-corrected chi connectivity index (χ4v) is 14.3. The molecule has 0 bridgehead atoms. The van der Waals surface area contributed by atoms with Crippen molar-refractivity contribution in [2.24, 2.45) is 0 Å². The predicted molar refractivity (Wildman–Crippen MR) is 507 cm³/mol. The van der Waals surface area contributed by atoms with E-state index in [-0.39, 0.29) is 51.0 Å². The van der Waals surface area contributed by atoms with E-state index in [0.29, 0.717) is 35.1 Å². The molecule has 13 aromatic carbocycles. The quantitative estimate of drug-likeness (QED) is 0.103. The summed E-state index contributed by atoms with van der Waals surface area (Å²) in [5.41, 5.74) is 25.4. The van der Waals surface area contributed by atoms with E-state index in [1.165, 1.54) is 33.4 Å². The molecule has 618 valence electrons. The summed E-state index contributed by atoms with van der Waals surface area (Å²) in [6.45, 7) is 15.3. The Hall–Kier alpha value is -14.4. The third kappa shape index (κ3) is 22.0. The first-order chi connectivity index (χ1) is 60.7. The molecule has 13 heteroatoms. The second-order valence-corrected chi connectivity index (χ2v) is 31.7. The Bertz CT molecular complexity index is 6630. The fourth-order valence-electron chi connectivity index (χ4n) is 14.3. The summed E-state index contributed by atoms with van der Waals surface area (Å²) in [6, 6.07) is 146. The Balaban J connectivity index is 0.000000139. The summed E-state index contributed by atoms with van der Waals surface area (Å²) in [7, 11) is 0. The van der Waals surface area contributed by atoms with Crippen molar-refractivity contribution in [1.82, 2.24) is 54.4 Å². The number of aryl methyl sites for hydroxylation is 1. The van der Waals surface area contributed by atoms with Gasteiger partial charge in [-0.25, -0.2) is 19.9 Å². The molecule has 126 heavy (non-hydrogen) atoms. The van der Waals surface area contributed by atoms with E-state index in [2.05, 4.69) is 248 Å². The van der Waals surface area contributed by atoms with Crippen LogP contribution in [0.2, 0.25) is 0 Å². The first-order valence-corrected chi connectivity index (χ1v) is 41.4. The van der Waals surface area contributed by atoms with Crippen molar-refractivity contribution in [3.05, 3.63) is 454 Å². The zero-order valence-electron chi connectivity index (χ0n) is 70.8. The molecule has 0 atom stereocenters. The maximum absolute atomic E-state index is 5.10. The van der Waals surface area contributed by atoms with Gasteiger partial charge in [-0.05, 0) is 104 Å². The van der Waals surface area contributed by atoms with E-state index < -0.39 is 0 Å². The van der Waals surface area contributed by atoms with Crippen molar-refractivity contribution in [2.75, 3.05) is 0 Å². The van der Waals surface area contributed by atoms with Crippen LogP contribution in [0, 0.1) is 31.2 Å². The summed E-state index contributed by atoms with van der Waals surface area (Å²) < 4.78 is 2.20. The van der Waals surface area contributed by atoms with Crippen molar-refractivity contribution in [3.63, 3.8) is 0 Å². The number of rotatable bonds is 13. The number of hydrogen-bond donors (Lipinski definition) is 0. The third-order valence-electron chi connectivity index (χ3n) is 20.9. The molecule has 0 aliphatic carbocycles. The third-order valence-corrected chi connectivity index (χ3v) is 20.9. The number of benzene rings is 13. The summed E-state index contributed by atoms with van der Waals surface area (Å²) >= 11 is 0. The monoisotopic (exact) mass is 1990 g/mol. The SMILES string of the molecule is CC(C)(C)c1ccc(-c2nc(-c3ccc(C(C)(C)C)cc3)nc(-c3ccc(-c4[c-]cccc4)nc3)n2)cc1.Cc1cccc(-c2[c-]cccc2)n1.[Ir].[Ir].[c-]1ccccc1-c1cc(-c2ccccc2)ccn1.[c-]1ccccc1-c1ccccn1.c1ccc(-c2ccc(-c3cccc4c5ccccc5n(-c5nc(-c6ccccc6)nc(-c6ccccc6)n5)c34)cc2)cc1. The molecule has 0 N–H and O–H groups in total. The zero-order chi connectivity index (χ0) is 85.0. The Morgan fingerprint density at radius 3 is 1.10 bits per heavy atom. The number of nitrogens with zero attached hydrogens (tertiary/aromatic N) is 11. The van der Waals surface area contributed by atoms with Gasteiger partial charge in [0.2, 0.25) is 5.95 Å². The van der Waals surface area contributed by atoms with Gasteiger partial charge in [-0.15, -0.1) is 144 Å². The fraction of sp³-hybridized carbons (Fsp3) is 0.0796. The van der Waals surface area contributed by atoms with Gasteiger partial charge in [0.15, 0.2) is 29.1 Å². The molecule has 0 saturated heterocycles. The molecule has 7 aromatic heterocycles. The van der Waals surface area contributed by atoms with E-state index in [9.17, 15) is 0 Å². The minimum Gasteiger partial charge on any atom is -0.305 e. The normalized spacial score (nSPS) is 10.8. The summed E-state index contributed by atoms with van der Waals surface area (Å²) in [6.07, 6.45) is 5.46. The molecule has 0 saturated carbocycles. The summed E-state index contributed by atoms with van der Waals surface area (Å²) in [4.78, 5) is 47.5. The van der Waals surface area contributed by atoms with Gasteiger partial charge in [-0.1, -0.05) is 315 Å². The average molecular weight is 1990 g/mol. The van der Waals surface area contributed by atoms with Crippen molar-refractivity contribution < 1.29 is 40.2 Å². The molecule has 0 fully saturated rings. The average Bonchev–Trinajstić information content (AvgIpc) is 1.57. The number of hydrogen-bond acceptors (Lipinski definition) is 10. The van der Waals surface area contributed by atoms with Gasteiger partial charge in [0.25, 0.3) is 0 Å². The van der Waals surface area contributed by atoms with E-state index in [4.69, 9.17) is 29.9 Å². The molecule has 7 heterocycles. The first kappa shape index (κ1) is 87.9. The largest absolute Gasteiger partial charge is 0.305 e. The van der Waals surface area contributed by atoms with Crippen LogP contribution >= 0.6 is 0 Å². The van der Waals surface area contributed by atoms with E-state index in [1.807, 2.05) is 256 Å². The van der Waals surface area contributed by atoms with Crippen molar-refractivity contribution in [3.8, 4) is 141 Å². The second kappa shape index (κ2) is 41.6. The molecule has 20 aromatic rings. The Kier molecular flexibility index (Phi) is 29.0. The van der Waals surface area contributed by atoms with Crippen molar-refractivity contribution in [1.29, 1.82) is 0 Å². The second-order valence-electron chi connectivity index (χ2n) is 31.7. The molecule has 20 rings (SSSR count). The molecule has 2 radical (unpaired) electrons. The van der Waals surface area contributed by atoms with Crippen LogP contribution in [0.5, 0.6) is 0 Å². The van der Waals surface area contributed by atoms with Gasteiger partial charge in [0.1, 0.15) is 0 Å². The van der Waals surface area contributed by atoms with Crippen LogP contribution in [0.15, 0.2) is 413 Å². The van der Waals surface area contributed by atoms with Crippen LogP contribution < -0.4 is 0 Å². The van der Waals surface area contributed by atoms with Crippen LogP contribution in [0.3, 0.4) is 0 Å². The summed E-state index contributed by atoms with van der Waals surface area (Å²) in [5.74, 6) is 3.75. The van der Waals surface area contributed by atoms with E-state index in [0.717, 1.165) is 111 Å². The zero-order valence-corrected chi connectivity index (χ0v) is 75.6. The van der Waals surface area contributed by atoms with Gasteiger partial charge in [0.05, 0.1) is 11.0 Å². The van der Waals surface area contributed by atoms with Crippen LogP contribution in [-0.4, -0.2) is 54.4 Å². The van der Waals surface area contributed by atoms with Crippen LogP contribution in [0.4, 0.5) is 0 Å². The van der Waals surface area contributed by atoms with Crippen molar-refractivity contribution in [2.45, 2.75) is 59.3 Å². The molecule has 0 unspecified atom stereocenters. The molecule has 0 amide bonds. The Labute approximate surface area is 765 Å². The van der Waals surface area contributed by atoms with Gasteiger partial charge >= 0.3 is 0 Å². The molecular weight excluding hydrogens is 1900 g/mol. The smallest absolute Gasteiger partial charge is 0.238 e. The predicted octanol–water partition coefficient (Wildman–Crippen LogP) is 27.6. The van der Waals surface area contributed by atoms with Crippen molar-refractivity contribution >= 4 is 21.8 Å². The molecule has 0 aliphatic rings. The molecule has 0 spiro atoms. The van der Waals surface area contributed by atoms with Crippen LogP contribution in [-0.2, 0) is 51.0 Å². The Morgan fingerprint density at radius 1 is 0.254 bits per heavy atom. The number of fused-ring (bicyclic) bond motifs is 3. The van der Waals surface area contributed by atoms with E-state index in [1.54, 1.807) is 6.20 Å². The van der Waals surface area contributed by atoms with Gasteiger partial charge in [0, 0.05) is 109 Å². The maximum atomic E-state index is 5.10. The molecular formula is C113H89Ir2N11-4. The van der Waals surface area contributed by atoms with Gasteiger partial charge < -0.3 is 19.9 Å². The minimum atomic E-state index is 0. The number of para-hydroxylation sites is 2. The minimum absolute atomic E-state index is 0.